The SMILES string of the molecule is CCCSc1ncc(C2CC(=O)NCc3nc(N(C)C)sc32)cn1. The number of nitrogens with zero attached hydrogens (tertiary/aromatic N) is 4. The van der Waals surface area contributed by atoms with Crippen molar-refractivity contribution >= 4 is 34.1 Å². The first-order valence-electron chi connectivity index (χ1n) is 7.96. The predicted molar refractivity (Wildman–Crippen MR) is 97.8 cm³/mol. The molecule has 0 radical (unpaired) electrons. The van der Waals surface area contributed by atoms with Crippen molar-refractivity contribution < 1.29 is 4.79 Å². The zero-order valence-corrected chi connectivity index (χ0v) is 15.7. The molecule has 0 saturated carbocycles. The number of carbonyl (C=O) groups excluding carboxylic acids is 1. The molecule has 2 aromatic rings. The standard InChI is InChI=1S/C16H21N5OS2/c1-4-5-23-15-18-7-10(8-19-15)11-6-13(22)17-9-12-14(11)24-16(20-12)21(2)3/h7-8,11H,4-6,9H2,1-3H3,(H,17,22). The van der Waals surface area contributed by atoms with Crippen LogP contribution in [0.3, 0.4) is 0 Å². The molecule has 1 N–H and O–H groups in total. The zero-order chi connectivity index (χ0) is 17.1. The van der Waals surface area contributed by atoms with Crippen molar-refractivity contribution in [1.29, 1.82) is 0 Å². The molecular formula is C16H21N5OS2. The minimum atomic E-state index is -0.0288. The number of thioether (sulfide) groups is 1. The molecule has 8 heteroatoms. The average molecular weight is 364 g/mol. The molecular weight excluding hydrogens is 342 g/mol. The summed E-state index contributed by atoms with van der Waals surface area (Å²) in [5.41, 5.74) is 1.92. The minimum Gasteiger partial charge on any atom is -0.354 e. The summed E-state index contributed by atoms with van der Waals surface area (Å²) >= 11 is 3.30. The van der Waals surface area contributed by atoms with Crippen molar-refractivity contribution in [2.75, 3.05) is 24.7 Å². The molecule has 2 aromatic heterocycles. The van der Waals surface area contributed by atoms with Crippen LogP contribution in [0.2, 0.25) is 0 Å². The van der Waals surface area contributed by atoms with Crippen LogP contribution in [0.5, 0.6) is 0 Å². The van der Waals surface area contributed by atoms with E-state index in [-0.39, 0.29) is 11.8 Å². The first kappa shape index (κ1) is 17.2. The van der Waals surface area contributed by atoms with E-state index in [1.807, 2.05) is 31.4 Å². The molecule has 3 heterocycles. The van der Waals surface area contributed by atoms with E-state index in [9.17, 15) is 4.79 Å². The Labute approximate surface area is 150 Å². The van der Waals surface area contributed by atoms with Crippen molar-refractivity contribution in [3.05, 3.63) is 28.5 Å². The van der Waals surface area contributed by atoms with Gasteiger partial charge in [0.2, 0.25) is 5.91 Å². The number of hydrogen-bond acceptors (Lipinski definition) is 7. The molecule has 0 aromatic carbocycles. The number of hydrogen-bond donors (Lipinski definition) is 1. The fraction of sp³-hybridized carbons (Fsp3) is 0.500. The smallest absolute Gasteiger partial charge is 0.221 e. The third-order valence-corrected chi connectivity index (χ3v) is 6.20. The van der Waals surface area contributed by atoms with Gasteiger partial charge in [-0.1, -0.05) is 18.7 Å². The highest BCUT2D eigenvalue weighted by Crippen LogP contribution is 2.38. The number of nitrogens with one attached hydrogen (secondary N) is 1. The summed E-state index contributed by atoms with van der Waals surface area (Å²) in [5, 5.41) is 4.68. The van der Waals surface area contributed by atoms with Gasteiger partial charge < -0.3 is 10.2 Å². The second kappa shape index (κ2) is 7.48. The maximum absolute atomic E-state index is 12.1. The topological polar surface area (TPSA) is 71.0 Å². The van der Waals surface area contributed by atoms with Gasteiger partial charge in [-0.3, -0.25) is 4.79 Å². The maximum Gasteiger partial charge on any atom is 0.221 e. The van der Waals surface area contributed by atoms with Crippen molar-refractivity contribution in [3.8, 4) is 0 Å². The molecule has 1 amide bonds. The fourth-order valence-corrected chi connectivity index (χ4v) is 4.29. The van der Waals surface area contributed by atoms with Gasteiger partial charge >= 0.3 is 0 Å². The third kappa shape index (κ3) is 3.70. The van der Waals surface area contributed by atoms with Crippen molar-refractivity contribution in [2.45, 2.75) is 37.4 Å². The Morgan fingerprint density at radius 2 is 2.12 bits per heavy atom. The normalized spacial score (nSPS) is 17.1. The summed E-state index contributed by atoms with van der Waals surface area (Å²) in [5.74, 6) is 1.02. The van der Waals surface area contributed by atoms with Crippen LogP contribution in [0.25, 0.3) is 0 Å². The van der Waals surface area contributed by atoms with Crippen molar-refractivity contribution in [2.24, 2.45) is 0 Å². The van der Waals surface area contributed by atoms with E-state index < -0.39 is 0 Å². The van der Waals surface area contributed by atoms with E-state index in [4.69, 9.17) is 0 Å². The first-order chi connectivity index (χ1) is 11.6. The average Bonchev–Trinajstić information content (AvgIpc) is 2.94. The lowest BCUT2D eigenvalue weighted by Crippen LogP contribution is -2.21. The van der Waals surface area contributed by atoms with Gasteiger partial charge in [0.25, 0.3) is 0 Å². The van der Waals surface area contributed by atoms with Crippen LogP contribution in [0.1, 0.15) is 41.8 Å². The van der Waals surface area contributed by atoms with Gasteiger partial charge in [0.1, 0.15) is 0 Å². The number of carbonyl (C=O) groups is 1. The highest BCUT2D eigenvalue weighted by atomic mass is 32.2. The van der Waals surface area contributed by atoms with Gasteiger partial charge in [-0.05, 0) is 12.0 Å². The Morgan fingerprint density at radius 3 is 2.79 bits per heavy atom. The van der Waals surface area contributed by atoms with Gasteiger partial charge in [-0.15, -0.1) is 11.3 Å². The number of fused-ring (bicyclic) bond motifs is 1. The van der Waals surface area contributed by atoms with Crippen LogP contribution in [-0.2, 0) is 11.3 Å². The van der Waals surface area contributed by atoms with Crippen molar-refractivity contribution in [3.63, 3.8) is 0 Å². The van der Waals surface area contributed by atoms with E-state index in [1.165, 1.54) is 0 Å². The second-order valence-electron chi connectivity index (χ2n) is 5.88. The maximum atomic E-state index is 12.1. The molecule has 0 fully saturated rings. The fourth-order valence-electron chi connectivity index (χ4n) is 2.52. The molecule has 1 aliphatic rings. The first-order valence-corrected chi connectivity index (χ1v) is 9.77. The van der Waals surface area contributed by atoms with E-state index >= 15 is 0 Å². The van der Waals surface area contributed by atoms with Gasteiger partial charge in [0.05, 0.1) is 12.2 Å². The molecule has 1 atom stereocenters. The van der Waals surface area contributed by atoms with Crippen LogP contribution in [0, 0.1) is 0 Å². The van der Waals surface area contributed by atoms with Crippen LogP contribution in [0.4, 0.5) is 5.13 Å². The molecule has 128 valence electrons. The van der Waals surface area contributed by atoms with Gasteiger partial charge in [0.15, 0.2) is 10.3 Å². The van der Waals surface area contributed by atoms with Crippen LogP contribution >= 0.6 is 23.1 Å². The molecule has 3 rings (SSSR count). The quantitative estimate of drug-likeness (QED) is 0.650. The van der Waals surface area contributed by atoms with Crippen molar-refractivity contribution in [1.82, 2.24) is 20.3 Å². The largest absolute Gasteiger partial charge is 0.354 e. The highest BCUT2D eigenvalue weighted by molar-refractivity contribution is 7.99. The number of anilines is 1. The number of amides is 1. The monoisotopic (exact) mass is 363 g/mol. The number of rotatable bonds is 5. The second-order valence-corrected chi connectivity index (χ2v) is 7.95. The number of thiazole rings is 1. The molecule has 1 aliphatic heterocycles. The van der Waals surface area contributed by atoms with E-state index in [2.05, 4.69) is 27.2 Å². The molecule has 0 saturated heterocycles. The predicted octanol–water partition coefficient (Wildman–Crippen LogP) is 2.65. The van der Waals surface area contributed by atoms with Gasteiger partial charge in [-0.25, -0.2) is 15.0 Å². The van der Waals surface area contributed by atoms with Crippen LogP contribution in [0.15, 0.2) is 17.6 Å². The molecule has 0 spiro atoms. The minimum absolute atomic E-state index is 0.0288. The lowest BCUT2D eigenvalue weighted by Gasteiger charge is -2.13. The Bertz CT molecular complexity index is 714. The molecule has 1 unspecified atom stereocenters. The summed E-state index contributed by atoms with van der Waals surface area (Å²) in [7, 11) is 3.96. The van der Waals surface area contributed by atoms with Gasteiger partial charge in [-0.2, -0.15) is 0 Å². The summed E-state index contributed by atoms with van der Waals surface area (Å²) in [6, 6.07) is 0. The molecule has 24 heavy (non-hydrogen) atoms. The number of aromatic nitrogens is 3. The summed E-state index contributed by atoms with van der Waals surface area (Å²) < 4.78 is 0. The lowest BCUT2D eigenvalue weighted by atomic mass is 9.96. The Hall–Kier alpha value is -1.67. The molecule has 6 nitrogen and oxygen atoms in total. The molecule has 0 bridgehead atoms. The van der Waals surface area contributed by atoms with Crippen LogP contribution < -0.4 is 10.2 Å². The highest BCUT2D eigenvalue weighted by Gasteiger charge is 2.28. The summed E-state index contributed by atoms with van der Waals surface area (Å²) in [6.07, 6.45) is 5.21. The van der Waals surface area contributed by atoms with Gasteiger partial charge in [0, 0.05) is 49.5 Å². The Kier molecular flexibility index (Phi) is 5.35. The Morgan fingerprint density at radius 1 is 1.38 bits per heavy atom. The van der Waals surface area contributed by atoms with E-state index in [0.717, 1.165) is 38.6 Å². The Balaban J connectivity index is 1.92. The summed E-state index contributed by atoms with van der Waals surface area (Å²) in [4.78, 5) is 28.8. The third-order valence-electron chi connectivity index (χ3n) is 3.74. The lowest BCUT2D eigenvalue weighted by molar-refractivity contribution is -0.121. The molecule has 0 aliphatic carbocycles. The van der Waals surface area contributed by atoms with E-state index in [1.54, 1.807) is 23.1 Å². The van der Waals surface area contributed by atoms with Crippen LogP contribution in [-0.4, -0.2) is 40.7 Å². The summed E-state index contributed by atoms with van der Waals surface area (Å²) in [6.45, 7) is 2.62. The zero-order valence-electron chi connectivity index (χ0n) is 14.1. The van der Waals surface area contributed by atoms with E-state index in [0.29, 0.717) is 13.0 Å².